The second-order valence-corrected chi connectivity index (χ2v) is 5.31. The molecule has 1 saturated carbocycles. The van der Waals surface area contributed by atoms with E-state index >= 15 is 0 Å². The van der Waals surface area contributed by atoms with Crippen molar-refractivity contribution in [2.75, 3.05) is 6.61 Å². The lowest BCUT2D eigenvalue weighted by atomic mass is 9.85. The molecule has 16 heavy (non-hydrogen) atoms. The smallest absolute Gasteiger partial charge is 0.0727 e. The summed E-state index contributed by atoms with van der Waals surface area (Å²) in [5, 5.41) is 0. The number of hydrogen-bond acceptors (Lipinski definition) is 2. The molecule has 0 aromatic rings. The van der Waals surface area contributed by atoms with Crippen LogP contribution in [0.15, 0.2) is 0 Å². The summed E-state index contributed by atoms with van der Waals surface area (Å²) in [7, 11) is 0. The van der Waals surface area contributed by atoms with E-state index in [1.165, 1.54) is 32.1 Å². The van der Waals surface area contributed by atoms with Gasteiger partial charge in [0, 0.05) is 6.61 Å². The molecule has 1 aliphatic rings. The van der Waals surface area contributed by atoms with Gasteiger partial charge >= 0.3 is 0 Å². The van der Waals surface area contributed by atoms with Crippen molar-refractivity contribution >= 4 is 17.2 Å². The van der Waals surface area contributed by atoms with Crippen LogP contribution in [0.5, 0.6) is 0 Å². The first-order chi connectivity index (χ1) is 7.74. The van der Waals surface area contributed by atoms with Crippen LogP contribution in [0.25, 0.3) is 0 Å². The van der Waals surface area contributed by atoms with Gasteiger partial charge in [-0.3, -0.25) is 0 Å². The minimum atomic E-state index is 0.517. The average Bonchev–Trinajstić information content (AvgIpc) is 2.29. The number of thiocarbonyl (C=S) groups is 1. The highest BCUT2D eigenvalue weighted by Gasteiger charge is 2.23. The molecule has 1 aliphatic carbocycles. The van der Waals surface area contributed by atoms with Gasteiger partial charge in [0.1, 0.15) is 0 Å². The van der Waals surface area contributed by atoms with Crippen LogP contribution in [-0.2, 0) is 4.74 Å². The zero-order valence-corrected chi connectivity index (χ0v) is 11.2. The molecule has 94 valence electrons. The maximum atomic E-state index is 5.98. The van der Waals surface area contributed by atoms with Crippen LogP contribution in [-0.4, -0.2) is 17.7 Å². The van der Waals surface area contributed by atoms with Crippen molar-refractivity contribution in [1.29, 1.82) is 0 Å². The Morgan fingerprint density at radius 1 is 1.31 bits per heavy atom. The van der Waals surface area contributed by atoms with Crippen LogP contribution in [0.4, 0.5) is 0 Å². The van der Waals surface area contributed by atoms with Gasteiger partial charge in [-0.2, -0.15) is 0 Å². The van der Waals surface area contributed by atoms with Gasteiger partial charge in [-0.05, 0) is 38.0 Å². The first-order valence-electron chi connectivity index (χ1n) is 6.64. The number of ether oxygens (including phenoxy) is 1. The molecule has 0 aromatic carbocycles. The molecule has 2 atom stereocenters. The molecule has 2 nitrogen and oxygen atoms in total. The number of rotatable bonds is 7. The summed E-state index contributed by atoms with van der Waals surface area (Å²) >= 11 is 4.84. The van der Waals surface area contributed by atoms with E-state index in [1.54, 1.807) is 0 Å². The van der Waals surface area contributed by atoms with Crippen molar-refractivity contribution in [2.24, 2.45) is 11.7 Å². The second kappa shape index (κ2) is 8.02. The Morgan fingerprint density at radius 3 is 2.75 bits per heavy atom. The number of hydrogen-bond donors (Lipinski definition) is 1. The van der Waals surface area contributed by atoms with Crippen LogP contribution in [0.3, 0.4) is 0 Å². The molecule has 0 spiro atoms. The SMILES string of the molecule is CCC1CCCCC1OCCCCC(N)=S. The Morgan fingerprint density at radius 2 is 2.06 bits per heavy atom. The minimum absolute atomic E-state index is 0.517. The van der Waals surface area contributed by atoms with E-state index in [0.717, 1.165) is 31.8 Å². The lowest BCUT2D eigenvalue weighted by Crippen LogP contribution is -2.27. The maximum absolute atomic E-state index is 5.98. The fourth-order valence-electron chi connectivity index (χ4n) is 2.50. The standard InChI is InChI=1S/C13H25NOS/c1-2-11-7-3-4-8-12(11)15-10-6-5-9-13(14)16/h11-12H,2-10H2,1H3,(H2,14,16). The van der Waals surface area contributed by atoms with Gasteiger partial charge in [-0.25, -0.2) is 0 Å². The molecule has 0 heterocycles. The molecule has 3 heteroatoms. The summed E-state index contributed by atoms with van der Waals surface area (Å²) in [5.74, 6) is 0.796. The van der Waals surface area contributed by atoms with Gasteiger partial charge in [-0.1, -0.05) is 38.4 Å². The van der Waals surface area contributed by atoms with E-state index in [0.29, 0.717) is 11.1 Å². The van der Waals surface area contributed by atoms with Gasteiger partial charge in [0.2, 0.25) is 0 Å². The average molecular weight is 243 g/mol. The summed E-state index contributed by atoms with van der Waals surface area (Å²) in [6.45, 7) is 3.16. The Labute approximate surface area is 105 Å². The molecule has 1 rings (SSSR count). The Kier molecular flexibility index (Phi) is 6.97. The van der Waals surface area contributed by atoms with E-state index in [4.69, 9.17) is 22.7 Å². The van der Waals surface area contributed by atoms with E-state index in [1.807, 2.05) is 0 Å². The van der Waals surface area contributed by atoms with Crippen LogP contribution < -0.4 is 5.73 Å². The zero-order chi connectivity index (χ0) is 11.8. The summed E-state index contributed by atoms with van der Waals surface area (Å²) in [5.41, 5.74) is 5.45. The maximum Gasteiger partial charge on any atom is 0.0727 e. The van der Waals surface area contributed by atoms with Crippen molar-refractivity contribution in [1.82, 2.24) is 0 Å². The van der Waals surface area contributed by atoms with E-state index in [2.05, 4.69) is 6.92 Å². The fraction of sp³-hybridized carbons (Fsp3) is 0.923. The van der Waals surface area contributed by atoms with Crippen molar-refractivity contribution in [3.63, 3.8) is 0 Å². The van der Waals surface area contributed by atoms with Crippen molar-refractivity contribution in [3.8, 4) is 0 Å². The van der Waals surface area contributed by atoms with E-state index in [-0.39, 0.29) is 0 Å². The highest BCUT2D eigenvalue weighted by atomic mass is 32.1. The largest absolute Gasteiger partial charge is 0.393 e. The van der Waals surface area contributed by atoms with Crippen LogP contribution in [0, 0.1) is 5.92 Å². The molecule has 0 radical (unpaired) electrons. The zero-order valence-electron chi connectivity index (χ0n) is 10.4. The Balaban J connectivity index is 2.08. The molecule has 0 amide bonds. The monoisotopic (exact) mass is 243 g/mol. The van der Waals surface area contributed by atoms with Crippen LogP contribution in [0.1, 0.15) is 58.3 Å². The van der Waals surface area contributed by atoms with Gasteiger partial charge in [0.15, 0.2) is 0 Å². The highest BCUT2D eigenvalue weighted by Crippen LogP contribution is 2.29. The number of unbranched alkanes of at least 4 members (excludes halogenated alkanes) is 1. The molecule has 0 aromatic heterocycles. The van der Waals surface area contributed by atoms with Crippen LogP contribution >= 0.6 is 12.2 Å². The highest BCUT2D eigenvalue weighted by molar-refractivity contribution is 7.80. The fourth-order valence-corrected chi connectivity index (χ4v) is 2.64. The Bertz CT molecular complexity index is 208. The van der Waals surface area contributed by atoms with E-state index < -0.39 is 0 Å². The number of nitrogens with two attached hydrogens (primary N) is 1. The van der Waals surface area contributed by atoms with Crippen molar-refractivity contribution in [2.45, 2.75) is 64.4 Å². The summed E-state index contributed by atoms with van der Waals surface area (Å²) in [6.07, 6.45) is 10.1. The van der Waals surface area contributed by atoms with Gasteiger partial charge in [0.05, 0.1) is 11.1 Å². The first kappa shape index (κ1) is 13.9. The normalized spacial score (nSPS) is 25.6. The molecule has 0 aliphatic heterocycles. The second-order valence-electron chi connectivity index (χ2n) is 4.79. The summed E-state index contributed by atoms with van der Waals surface area (Å²) in [6, 6.07) is 0. The lowest BCUT2D eigenvalue weighted by molar-refractivity contribution is -0.0132. The molecule has 2 N–H and O–H groups in total. The molecule has 2 unspecified atom stereocenters. The van der Waals surface area contributed by atoms with Crippen LogP contribution in [0.2, 0.25) is 0 Å². The molecular formula is C13H25NOS. The Hall–Kier alpha value is -0.150. The summed E-state index contributed by atoms with van der Waals surface area (Å²) in [4.78, 5) is 0.629. The molecule has 0 bridgehead atoms. The van der Waals surface area contributed by atoms with E-state index in [9.17, 15) is 0 Å². The molecule has 0 saturated heterocycles. The topological polar surface area (TPSA) is 35.2 Å². The molecule has 1 fully saturated rings. The third-order valence-corrected chi connectivity index (χ3v) is 3.72. The minimum Gasteiger partial charge on any atom is -0.393 e. The van der Waals surface area contributed by atoms with Gasteiger partial charge in [-0.15, -0.1) is 0 Å². The van der Waals surface area contributed by atoms with Gasteiger partial charge < -0.3 is 10.5 Å². The van der Waals surface area contributed by atoms with Crippen molar-refractivity contribution in [3.05, 3.63) is 0 Å². The predicted octanol–water partition coefficient (Wildman–Crippen LogP) is 3.43. The van der Waals surface area contributed by atoms with Gasteiger partial charge in [0.25, 0.3) is 0 Å². The third kappa shape index (κ3) is 5.26. The third-order valence-electron chi connectivity index (χ3n) is 3.51. The first-order valence-corrected chi connectivity index (χ1v) is 7.04. The predicted molar refractivity (Wildman–Crippen MR) is 72.6 cm³/mol. The molecular weight excluding hydrogens is 218 g/mol. The lowest BCUT2D eigenvalue weighted by Gasteiger charge is -2.30. The van der Waals surface area contributed by atoms with Crippen molar-refractivity contribution < 1.29 is 4.74 Å². The summed E-state index contributed by atoms with van der Waals surface area (Å²) < 4.78 is 5.98. The quantitative estimate of drug-likeness (QED) is 0.549.